The molecule has 0 aliphatic carbocycles. The van der Waals surface area contributed by atoms with Crippen molar-refractivity contribution in [3.63, 3.8) is 0 Å². The van der Waals surface area contributed by atoms with Crippen LogP contribution in [0.3, 0.4) is 0 Å². The standard InChI is InChI=1S/C11H9F5O2.C9H16N2OS.C9H13NO4.C6H13NO2/c1-11(2,3)10(17)18-9-7(15)5(13)4(12)6(14)8(9)16;1-9(2,3)7-6-5(4-13-7)10-8(12)11-6;1-9(2,3)8(13)14-10-6(11)4-5-7(10)12;1-6(2,3)4(7)5(8)9/h1-3H3;5-7H,4H2,1-3H3,(H2,10,11,12);4-5H2,1-3H3;4H,7H2,1-3H3,(H,8,9). The monoisotopic (exact) mass is 798 g/mol. The average Bonchev–Trinajstić information content (AvgIpc) is 3.69. The van der Waals surface area contributed by atoms with Crippen molar-refractivity contribution in [1.82, 2.24) is 15.7 Å². The topological polar surface area (TPSA) is 194 Å². The van der Waals surface area contributed by atoms with E-state index in [1.54, 1.807) is 41.5 Å². The number of hydrogen-bond donors (Lipinski definition) is 4. The highest BCUT2D eigenvalue weighted by atomic mass is 32.2. The number of urea groups is 1. The number of carboxylic acids is 1. The summed E-state index contributed by atoms with van der Waals surface area (Å²) in [6, 6.07) is -0.0822. The van der Waals surface area contributed by atoms with E-state index in [1.807, 2.05) is 11.8 Å². The molecule has 0 radical (unpaired) electrons. The SMILES string of the molecule is CC(C)(C)C(=O)ON1C(=O)CCC1=O.CC(C)(C)C(=O)Oc1c(F)c(F)c(F)c(F)c1F.CC(C)(C)C(N)C(=O)O.CC(C)(C)C1SCC2NC(=O)NC21. The van der Waals surface area contributed by atoms with Gasteiger partial charge in [-0.3, -0.25) is 19.2 Å². The molecule has 19 heteroatoms. The minimum absolute atomic E-state index is 0.00421. The van der Waals surface area contributed by atoms with Crippen molar-refractivity contribution in [3.05, 3.63) is 29.1 Å². The molecule has 4 atom stereocenters. The first-order chi connectivity index (χ1) is 24.2. The minimum atomic E-state index is -2.31. The zero-order chi connectivity index (χ0) is 42.5. The fourth-order valence-corrected chi connectivity index (χ4v) is 5.92. The number of carboxylic acid groups (broad SMARTS) is 1. The normalized spacial score (nSPS) is 20.1. The highest BCUT2D eigenvalue weighted by Gasteiger charge is 2.47. The number of esters is 1. The largest absolute Gasteiger partial charge is 0.480 e. The molecule has 0 aromatic heterocycles. The van der Waals surface area contributed by atoms with E-state index < -0.39 is 81.4 Å². The summed E-state index contributed by atoms with van der Waals surface area (Å²) in [5, 5.41) is 15.4. The second-order valence-electron chi connectivity index (χ2n) is 16.8. The molecule has 3 heterocycles. The number of carbonyl (C=O) groups is 6. The van der Waals surface area contributed by atoms with E-state index in [-0.39, 0.29) is 29.7 Å². The summed E-state index contributed by atoms with van der Waals surface area (Å²) in [7, 11) is 0. The molecule has 4 rings (SSSR count). The molecule has 3 aliphatic heterocycles. The van der Waals surface area contributed by atoms with Crippen LogP contribution in [0, 0.1) is 50.7 Å². The average molecular weight is 799 g/mol. The van der Waals surface area contributed by atoms with Gasteiger partial charge in [0, 0.05) is 23.8 Å². The Morgan fingerprint density at radius 2 is 1.19 bits per heavy atom. The Morgan fingerprint density at radius 1 is 0.759 bits per heavy atom. The van der Waals surface area contributed by atoms with E-state index in [1.165, 1.54) is 20.8 Å². The number of benzene rings is 1. The highest BCUT2D eigenvalue weighted by molar-refractivity contribution is 8.00. The van der Waals surface area contributed by atoms with E-state index >= 15 is 0 Å². The van der Waals surface area contributed by atoms with E-state index in [4.69, 9.17) is 15.7 Å². The van der Waals surface area contributed by atoms with Gasteiger partial charge in [0.05, 0.1) is 22.9 Å². The van der Waals surface area contributed by atoms with Gasteiger partial charge < -0.3 is 31.0 Å². The van der Waals surface area contributed by atoms with Gasteiger partial charge in [-0.1, -0.05) is 41.5 Å². The minimum Gasteiger partial charge on any atom is -0.480 e. The smallest absolute Gasteiger partial charge is 0.338 e. The zero-order valence-corrected chi connectivity index (χ0v) is 33.3. The second-order valence-corrected chi connectivity index (χ2v) is 18.0. The number of aliphatic carboxylic acids is 1. The van der Waals surface area contributed by atoms with Crippen LogP contribution in [-0.4, -0.2) is 75.1 Å². The molecule has 1 aromatic rings. The number of ether oxygens (including phenoxy) is 1. The van der Waals surface area contributed by atoms with Crippen LogP contribution in [0.15, 0.2) is 0 Å². The zero-order valence-electron chi connectivity index (χ0n) is 32.5. The summed E-state index contributed by atoms with van der Waals surface area (Å²) in [6.45, 7) is 21.1. The molecule has 306 valence electrons. The van der Waals surface area contributed by atoms with Crippen molar-refractivity contribution in [1.29, 1.82) is 0 Å². The van der Waals surface area contributed by atoms with Crippen LogP contribution in [0.4, 0.5) is 26.7 Å². The molecule has 0 bridgehead atoms. The molecule has 3 saturated heterocycles. The van der Waals surface area contributed by atoms with E-state index in [9.17, 15) is 50.7 Å². The maximum Gasteiger partial charge on any atom is 0.338 e. The summed E-state index contributed by atoms with van der Waals surface area (Å²) in [4.78, 5) is 70.9. The first kappa shape index (κ1) is 48.0. The van der Waals surface area contributed by atoms with Gasteiger partial charge in [0.25, 0.3) is 11.8 Å². The number of hydrogen-bond acceptors (Lipinski definition) is 10. The van der Waals surface area contributed by atoms with Crippen LogP contribution >= 0.6 is 11.8 Å². The van der Waals surface area contributed by atoms with E-state index in [0.717, 1.165) is 5.75 Å². The number of rotatable bonds is 3. The number of nitrogens with two attached hydrogens (primary N) is 1. The quantitative estimate of drug-likeness (QED) is 0.0565. The van der Waals surface area contributed by atoms with Crippen LogP contribution < -0.4 is 21.1 Å². The van der Waals surface area contributed by atoms with Crippen LogP contribution in [-0.2, 0) is 28.8 Å². The Morgan fingerprint density at radius 3 is 1.54 bits per heavy atom. The fraction of sp³-hybridized carbons (Fsp3) is 0.657. The first-order valence-corrected chi connectivity index (χ1v) is 17.8. The lowest BCUT2D eigenvalue weighted by Crippen LogP contribution is -2.42. The second kappa shape index (κ2) is 18.1. The molecule has 4 amide bonds. The molecule has 3 fully saturated rings. The summed E-state index contributed by atoms with van der Waals surface area (Å²) < 4.78 is 68.8. The number of thioether (sulfide) groups is 1. The van der Waals surface area contributed by atoms with Crippen LogP contribution in [0.2, 0.25) is 0 Å². The molecule has 0 spiro atoms. The van der Waals surface area contributed by atoms with Crippen molar-refractivity contribution in [2.24, 2.45) is 27.4 Å². The summed E-state index contributed by atoms with van der Waals surface area (Å²) in [5.41, 5.74) is 3.35. The number of fused-ring (bicyclic) bond motifs is 1. The Labute approximate surface area is 315 Å². The number of halogens is 5. The predicted molar refractivity (Wildman–Crippen MR) is 188 cm³/mol. The molecule has 54 heavy (non-hydrogen) atoms. The Bertz CT molecular complexity index is 1560. The van der Waals surface area contributed by atoms with Crippen LogP contribution in [0.25, 0.3) is 0 Å². The Kier molecular flexibility index (Phi) is 16.1. The predicted octanol–water partition coefficient (Wildman–Crippen LogP) is 5.62. The maximum atomic E-state index is 13.2. The lowest BCUT2D eigenvalue weighted by molar-refractivity contribution is -0.203. The van der Waals surface area contributed by atoms with Gasteiger partial charge in [-0.05, 0) is 52.4 Å². The highest BCUT2D eigenvalue weighted by Crippen LogP contribution is 2.40. The Balaban J connectivity index is 0.000000370. The summed E-state index contributed by atoms with van der Waals surface area (Å²) >= 11 is 1.97. The third kappa shape index (κ3) is 13.1. The first-order valence-electron chi connectivity index (χ1n) is 16.7. The number of carbonyl (C=O) groups excluding carboxylic acids is 5. The molecule has 3 aliphatic rings. The lowest BCUT2D eigenvalue weighted by Gasteiger charge is -2.30. The van der Waals surface area contributed by atoms with Crippen molar-refractivity contribution < 1.29 is 65.4 Å². The summed E-state index contributed by atoms with van der Waals surface area (Å²) in [6.07, 6.45) is 0.243. The van der Waals surface area contributed by atoms with Gasteiger partial charge in [-0.25, -0.2) is 22.8 Å². The third-order valence-corrected chi connectivity index (χ3v) is 9.56. The number of hydroxylamine groups is 2. The van der Waals surface area contributed by atoms with Crippen molar-refractivity contribution in [2.45, 2.75) is 119 Å². The molecule has 1 aromatic carbocycles. The van der Waals surface area contributed by atoms with Crippen molar-refractivity contribution in [2.75, 3.05) is 5.75 Å². The van der Waals surface area contributed by atoms with E-state index in [2.05, 4.69) is 36.1 Å². The molecular formula is C35H51F5N4O9S. The van der Waals surface area contributed by atoms with Crippen molar-refractivity contribution in [3.8, 4) is 5.75 Å². The molecule has 13 nitrogen and oxygen atoms in total. The summed E-state index contributed by atoms with van der Waals surface area (Å²) in [5.74, 6) is -15.1. The number of nitrogens with one attached hydrogen (secondary N) is 2. The van der Waals surface area contributed by atoms with Gasteiger partial charge in [0.2, 0.25) is 34.8 Å². The molecule has 4 unspecified atom stereocenters. The molecule has 5 N–H and O–H groups in total. The number of amides is 4. The lowest BCUT2D eigenvalue weighted by atomic mass is 9.86. The fourth-order valence-electron chi connectivity index (χ4n) is 4.25. The van der Waals surface area contributed by atoms with Gasteiger partial charge in [0.15, 0.2) is 0 Å². The number of nitrogens with zero attached hydrogens (tertiary/aromatic N) is 1. The van der Waals surface area contributed by atoms with Crippen LogP contribution in [0.5, 0.6) is 5.75 Å². The van der Waals surface area contributed by atoms with Crippen LogP contribution in [0.1, 0.15) is 95.9 Å². The van der Waals surface area contributed by atoms with Crippen molar-refractivity contribution >= 4 is 47.5 Å². The molecular weight excluding hydrogens is 747 g/mol. The molecule has 0 saturated carbocycles. The number of imide groups is 1. The van der Waals surface area contributed by atoms with E-state index in [0.29, 0.717) is 22.4 Å². The van der Waals surface area contributed by atoms with Gasteiger partial charge in [-0.15, -0.1) is 5.06 Å². The maximum absolute atomic E-state index is 13.2. The van der Waals surface area contributed by atoms with Gasteiger partial charge >= 0.3 is 23.9 Å². The van der Waals surface area contributed by atoms with Gasteiger partial charge in [0.1, 0.15) is 6.04 Å². The van der Waals surface area contributed by atoms with Gasteiger partial charge in [-0.2, -0.15) is 20.5 Å². The Hall–Kier alpha value is -4.00. The third-order valence-electron chi connectivity index (χ3n) is 7.65.